The summed E-state index contributed by atoms with van der Waals surface area (Å²) in [4.78, 5) is 3.96. The molecule has 5 nitrogen and oxygen atoms in total. The Morgan fingerprint density at radius 3 is 2.35 bits per heavy atom. The maximum absolute atomic E-state index is 14.5. The number of aromatic nitrogens is 2. The summed E-state index contributed by atoms with van der Waals surface area (Å²) in [5.41, 5.74) is 1.12. The normalized spacial score (nSPS) is 17.8. The number of benzene rings is 2. The summed E-state index contributed by atoms with van der Waals surface area (Å²) in [6, 6.07) is 7.88. The van der Waals surface area contributed by atoms with Gasteiger partial charge in [-0.2, -0.15) is 8.78 Å². The Balaban J connectivity index is 1.18. The molecule has 3 aromatic rings. The highest BCUT2D eigenvalue weighted by Crippen LogP contribution is 2.43. The first-order chi connectivity index (χ1) is 14.8. The van der Waals surface area contributed by atoms with Crippen molar-refractivity contribution in [1.82, 2.24) is 15.1 Å². The molecule has 5 rings (SSSR count). The molecule has 3 heterocycles. The van der Waals surface area contributed by atoms with Crippen molar-refractivity contribution in [3.05, 3.63) is 65.3 Å². The smallest absolute Gasteiger partial charge is 0.314 e. The zero-order valence-corrected chi connectivity index (χ0v) is 16.2. The van der Waals surface area contributed by atoms with Crippen molar-refractivity contribution in [2.75, 3.05) is 31.1 Å². The van der Waals surface area contributed by atoms with Crippen LogP contribution in [-0.2, 0) is 6.54 Å². The molecule has 0 saturated carbocycles. The van der Waals surface area contributed by atoms with Crippen LogP contribution in [0.25, 0.3) is 11.5 Å². The van der Waals surface area contributed by atoms with Gasteiger partial charge < -0.3 is 9.32 Å². The minimum absolute atomic E-state index is 0.0344. The molecule has 0 atom stereocenters. The van der Waals surface area contributed by atoms with Crippen LogP contribution in [0.5, 0.6) is 0 Å². The Kier molecular flexibility index (Phi) is 4.69. The lowest BCUT2D eigenvalue weighted by atomic mass is 9.72. The summed E-state index contributed by atoms with van der Waals surface area (Å²) in [6.07, 6.45) is -2.88. The molecule has 0 unspecified atom stereocenters. The molecule has 2 aliphatic heterocycles. The van der Waals surface area contributed by atoms with E-state index >= 15 is 0 Å². The molecule has 10 heteroatoms. The number of hydrogen-bond donors (Lipinski definition) is 0. The molecular weight excluding hydrogens is 419 g/mol. The largest absolute Gasteiger partial charge is 0.415 e. The first-order valence-corrected chi connectivity index (χ1v) is 9.65. The molecule has 0 N–H and O–H groups in total. The molecule has 1 aromatic heterocycles. The Morgan fingerprint density at radius 1 is 0.935 bits per heavy atom. The van der Waals surface area contributed by atoms with Gasteiger partial charge in [-0.25, -0.2) is 13.2 Å². The van der Waals surface area contributed by atoms with Gasteiger partial charge in [0.05, 0.1) is 5.69 Å². The third-order valence-electron chi connectivity index (χ3n) is 5.74. The molecule has 0 aliphatic carbocycles. The zero-order chi connectivity index (χ0) is 21.8. The fourth-order valence-electron chi connectivity index (χ4n) is 4.37. The molecule has 31 heavy (non-hydrogen) atoms. The van der Waals surface area contributed by atoms with Crippen molar-refractivity contribution in [2.24, 2.45) is 5.41 Å². The van der Waals surface area contributed by atoms with E-state index in [0.717, 1.165) is 19.2 Å². The predicted octanol–water partition coefficient (Wildman–Crippen LogP) is 4.41. The molecule has 0 bridgehead atoms. The van der Waals surface area contributed by atoms with Gasteiger partial charge in [0.15, 0.2) is 0 Å². The van der Waals surface area contributed by atoms with E-state index in [0.29, 0.717) is 30.9 Å². The fourth-order valence-corrected chi connectivity index (χ4v) is 4.37. The Hall–Kier alpha value is -3.01. The molecular formula is C21H17F5N4O. The lowest BCUT2D eigenvalue weighted by Crippen LogP contribution is -2.72. The van der Waals surface area contributed by atoms with Crippen LogP contribution in [0.2, 0.25) is 0 Å². The van der Waals surface area contributed by atoms with Gasteiger partial charge in [0, 0.05) is 55.3 Å². The van der Waals surface area contributed by atoms with Gasteiger partial charge in [-0.05, 0) is 24.3 Å². The highest BCUT2D eigenvalue weighted by atomic mass is 19.3. The second kappa shape index (κ2) is 7.30. The highest BCUT2D eigenvalue weighted by molar-refractivity contribution is 5.54. The number of likely N-dealkylation sites (tertiary alicyclic amines) is 1. The summed E-state index contributed by atoms with van der Waals surface area (Å²) in [5, 5.41) is 6.76. The molecule has 0 radical (unpaired) electrons. The summed E-state index contributed by atoms with van der Waals surface area (Å²) >= 11 is 0. The highest BCUT2D eigenvalue weighted by Gasteiger charge is 2.52. The maximum Gasteiger partial charge on any atom is 0.314 e. The number of halogens is 5. The minimum Gasteiger partial charge on any atom is -0.415 e. The molecule has 2 fully saturated rings. The summed E-state index contributed by atoms with van der Waals surface area (Å²) in [6.45, 7) is 3.21. The van der Waals surface area contributed by atoms with Crippen molar-refractivity contribution in [2.45, 2.75) is 13.0 Å². The van der Waals surface area contributed by atoms with Crippen LogP contribution in [0.3, 0.4) is 0 Å². The van der Waals surface area contributed by atoms with Crippen molar-refractivity contribution in [3.63, 3.8) is 0 Å². The van der Waals surface area contributed by atoms with Crippen LogP contribution in [-0.4, -0.2) is 41.3 Å². The second-order valence-electron chi connectivity index (χ2n) is 8.15. The number of anilines is 1. The lowest BCUT2D eigenvalue weighted by Gasteiger charge is -2.61. The first-order valence-electron chi connectivity index (χ1n) is 9.65. The van der Waals surface area contributed by atoms with Crippen LogP contribution >= 0.6 is 0 Å². The lowest BCUT2D eigenvalue weighted by molar-refractivity contribution is -0.0281. The van der Waals surface area contributed by atoms with E-state index in [1.807, 2.05) is 4.90 Å². The Bertz CT molecular complexity index is 1120. The van der Waals surface area contributed by atoms with Gasteiger partial charge >= 0.3 is 6.43 Å². The quantitative estimate of drug-likeness (QED) is 0.555. The first kappa shape index (κ1) is 19.9. The molecule has 2 aliphatic rings. The van der Waals surface area contributed by atoms with Gasteiger partial charge in [-0.1, -0.05) is 6.07 Å². The van der Waals surface area contributed by atoms with Crippen LogP contribution in [0, 0.1) is 22.9 Å². The molecule has 2 saturated heterocycles. The van der Waals surface area contributed by atoms with E-state index in [9.17, 15) is 22.0 Å². The maximum atomic E-state index is 14.5. The Labute approximate surface area is 174 Å². The molecule has 2 aromatic carbocycles. The third kappa shape index (κ3) is 3.65. The van der Waals surface area contributed by atoms with Gasteiger partial charge in [0.25, 0.3) is 5.89 Å². The minimum atomic E-state index is -2.88. The van der Waals surface area contributed by atoms with E-state index < -0.39 is 29.8 Å². The average Bonchev–Trinajstić information content (AvgIpc) is 3.15. The van der Waals surface area contributed by atoms with E-state index in [2.05, 4.69) is 15.1 Å². The molecule has 162 valence electrons. The third-order valence-corrected chi connectivity index (χ3v) is 5.74. The number of hydrogen-bond acceptors (Lipinski definition) is 5. The predicted molar refractivity (Wildman–Crippen MR) is 101 cm³/mol. The van der Waals surface area contributed by atoms with Crippen molar-refractivity contribution < 1.29 is 26.4 Å². The zero-order valence-electron chi connectivity index (χ0n) is 16.2. The van der Waals surface area contributed by atoms with Crippen LogP contribution in [0.1, 0.15) is 17.9 Å². The summed E-state index contributed by atoms with van der Waals surface area (Å²) < 4.78 is 71.5. The van der Waals surface area contributed by atoms with Gasteiger partial charge in [-0.3, -0.25) is 4.90 Å². The van der Waals surface area contributed by atoms with Crippen molar-refractivity contribution in [1.29, 1.82) is 0 Å². The SMILES string of the molecule is Fc1ccc(N2CC3(CN(Cc4ccc(-c5nnc(C(F)F)o5)cc4F)C3)C2)c(F)c1. The number of rotatable bonds is 5. The monoisotopic (exact) mass is 436 g/mol. The topological polar surface area (TPSA) is 45.4 Å². The van der Waals surface area contributed by atoms with E-state index in [4.69, 9.17) is 4.42 Å². The number of alkyl halides is 2. The van der Waals surface area contributed by atoms with Crippen LogP contribution in [0.15, 0.2) is 40.8 Å². The van der Waals surface area contributed by atoms with E-state index in [1.165, 1.54) is 18.2 Å². The molecule has 0 amide bonds. The standard InChI is InChI=1S/C21H17F5N4O/c22-14-3-4-17(16(24)6-14)30-10-21(11-30)8-29(9-21)7-13-2-1-12(5-15(13)23)19-27-28-20(31-19)18(25)26/h1-6,18H,7-11H2. The summed E-state index contributed by atoms with van der Waals surface area (Å²) in [5.74, 6) is -2.63. The summed E-state index contributed by atoms with van der Waals surface area (Å²) in [7, 11) is 0. The van der Waals surface area contributed by atoms with E-state index in [1.54, 1.807) is 12.1 Å². The van der Waals surface area contributed by atoms with Crippen LogP contribution in [0.4, 0.5) is 27.6 Å². The van der Waals surface area contributed by atoms with Crippen molar-refractivity contribution in [3.8, 4) is 11.5 Å². The second-order valence-corrected chi connectivity index (χ2v) is 8.15. The van der Waals surface area contributed by atoms with Crippen molar-refractivity contribution >= 4 is 5.69 Å². The Morgan fingerprint density at radius 2 is 1.71 bits per heavy atom. The van der Waals surface area contributed by atoms with Gasteiger partial charge in [-0.15, -0.1) is 10.2 Å². The average molecular weight is 436 g/mol. The number of nitrogens with zero attached hydrogens (tertiary/aromatic N) is 4. The van der Waals surface area contributed by atoms with E-state index in [-0.39, 0.29) is 16.9 Å². The van der Waals surface area contributed by atoms with Gasteiger partial charge in [0.2, 0.25) is 5.89 Å². The molecule has 1 spiro atoms. The van der Waals surface area contributed by atoms with Crippen LogP contribution < -0.4 is 4.90 Å². The van der Waals surface area contributed by atoms with Gasteiger partial charge in [0.1, 0.15) is 17.5 Å². The fraction of sp³-hybridized carbons (Fsp3) is 0.333.